The third-order valence-electron chi connectivity index (χ3n) is 4.94. The number of benzene rings is 3. The molecule has 146 valence electrons. The quantitative estimate of drug-likeness (QED) is 0.438. The van der Waals surface area contributed by atoms with Gasteiger partial charge in [0.2, 0.25) is 0 Å². The van der Waals surface area contributed by atoms with Gasteiger partial charge in [-0.3, -0.25) is 4.68 Å². The summed E-state index contributed by atoms with van der Waals surface area (Å²) >= 11 is 6.27. The van der Waals surface area contributed by atoms with Gasteiger partial charge in [0.25, 0.3) is 0 Å². The number of nitrogens with one attached hydrogen (secondary N) is 2. The lowest BCUT2D eigenvalue weighted by molar-refractivity contribution is 0.262. The molecule has 0 fully saturated rings. The summed E-state index contributed by atoms with van der Waals surface area (Å²) in [6.07, 6.45) is 0. The number of hydrogen-bond acceptors (Lipinski definition) is 2. The van der Waals surface area contributed by atoms with Crippen molar-refractivity contribution in [2.45, 2.75) is 20.4 Å². The van der Waals surface area contributed by atoms with Gasteiger partial charge in [0.1, 0.15) is 0 Å². The number of nitrogens with zero attached hydrogens (tertiary/aromatic N) is 2. The second kappa shape index (κ2) is 7.97. The van der Waals surface area contributed by atoms with Crippen molar-refractivity contribution in [3.8, 4) is 0 Å². The molecule has 0 saturated heterocycles. The third kappa shape index (κ3) is 3.96. The summed E-state index contributed by atoms with van der Waals surface area (Å²) in [7, 11) is 0. The van der Waals surface area contributed by atoms with E-state index >= 15 is 0 Å². The van der Waals surface area contributed by atoms with Gasteiger partial charge in [-0.25, -0.2) is 4.79 Å². The highest BCUT2D eigenvalue weighted by Gasteiger charge is 2.15. The molecule has 2 N–H and O–H groups in total. The van der Waals surface area contributed by atoms with Gasteiger partial charge in [-0.15, -0.1) is 0 Å². The van der Waals surface area contributed by atoms with Crippen LogP contribution in [0.2, 0.25) is 5.02 Å². The zero-order valence-electron chi connectivity index (χ0n) is 16.2. The van der Waals surface area contributed by atoms with Crippen molar-refractivity contribution >= 4 is 39.8 Å². The van der Waals surface area contributed by atoms with Crippen LogP contribution in [0, 0.1) is 13.8 Å². The van der Waals surface area contributed by atoms with Gasteiger partial charge in [-0.05, 0) is 36.9 Å². The van der Waals surface area contributed by atoms with Crippen LogP contribution in [-0.4, -0.2) is 15.8 Å². The fourth-order valence-corrected chi connectivity index (χ4v) is 3.62. The van der Waals surface area contributed by atoms with Crippen molar-refractivity contribution in [1.82, 2.24) is 9.78 Å². The Kier molecular flexibility index (Phi) is 5.23. The minimum atomic E-state index is -0.301. The second-order valence-corrected chi connectivity index (χ2v) is 7.31. The predicted molar refractivity (Wildman–Crippen MR) is 119 cm³/mol. The van der Waals surface area contributed by atoms with Gasteiger partial charge in [0, 0.05) is 10.4 Å². The number of rotatable bonds is 4. The van der Waals surface area contributed by atoms with Gasteiger partial charge in [-0.1, -0.05) is 66.2 Å². The first-order valence-electron chi connectivity index (χ1n) is 9.36. The number of aryl methyl sites for hydroxylation is 1. The lowest BCUT2D eigenvalue weighted by Crippen LogP contribution is -2.20. The summed E-state index contributed by atoms with van der Waals surface area (Å²) in [5.41, 5.74) is 4.07. The molecule has 4 aromatic rings. The number of amides is 2. The van der Waals surface area contributed by atoms with Crippen LogP contribution in [0.4, 0.5) is 16.2 Å². The molecule has 0 atom stereocenters. The Bertz CT molecular complexity index is 1190. The van der Waals surface area contributed by atoms with E-state index in [9.17, 15) is 4.79 Å². The standard InChI is InChI=1S/C23H21ClN4O/c1-15-22(16(2)28(27-15)14-18-9-4-6-12-20(18)24)26-23(29)25-21-13-7-10-17-8-3-5-11-19(17)21/h3-13H,14H2,1-2H3,(H2,25,26,29). The van der Waals surface area contributed by atoms with Crippen LogP contribution in [0.25, 0.3) is 10.8 Å². The molecule has 0 aliphatic heterocycles. The normalized spacial score (nSPS) is 10.9. The average Bonchev–Trinajstić information content (AvgIpc) is 2.97. The Morgan fingerprint density at radius 1 is 0.966 bits per heavy atom. The van der Waals surface area contributed by atoms with E-state index in [2.05, 4.69) is 15.7 Å². The first kappa shape index (κ1) is 19.0. The van der Waals surface area contributed by atoms with Crippen molar-refractivity contribution < 1.29 is 4.79 Å². The van der Waals surface area contributed by atoms with Gasteiger partial charge in [0.05, 0.1) is 29.3 Å². The molecule has 0 bridgehead atoms. The van der Waals surface area contributed by atoms with Crippen molar-refractivity contribution in [1.29, 1.82) is 0 Å². The van der Waals surface area contributed by atoms with Gasteiger partial charge in [-0.2, -0.15) is 5.10 Å². The highest BCUT2D eigenvalue weighted by molar-refractivity contribution is 6.31. The van der Waals surface area contributed by atoms with Crippen LogP contribution in [0.15, 0.2) is 66.7 Å². The molecule has 0 aliphatic rings. The summed E-state index contributed by atoms with van der Waals surface area (Å²) in [6, 6.07) is 21.2. The van der Waals surface area contributed by atoms with Crippen LogP contribution in [0.3, 0.4) is 0 Å². The van der Waals surface area contributed by atoms with Crippen molar-refractivity contribution in [3.63, 3.8) is 0 Å². The van der Waals surface area contributed by atoms with E-state index in [0.717, 1.165) is 33.4 Å². The first-order valence-corrected chi connectivity index (χ1v) is 9.74. The Morgan fingerprint density at radius 3 is 2.52 bits per heavy atom. The van der Waals surface area contributed by atoms with E-state index in [1.54, 1.807) is 0 Å². The molecule has 0 radical (unpaired) electrons. The van der Waals surface area contributed by atoms with Crippen LogP contribution >= 0.6 is 11.6 Å². The van der Waals surface area contributed by atoms with Crippen LogP contribution in [-0.2, 0) is 6.54 Å². The fraction of sp³-hybridized carbons (Fsp3) is 0.130. The minimum Gasteiger partial charge on any atom is -0.307 e. The van der Waals surface area contributed by atoms with E-state index < -0.39 is 0 Å². The molecule has 6 heteroatoms. The van der Waals surface area contributed by atoms with E-state index in [1.165, 1.54) is 0 Å². The molecule has 0 unspecified atom stereocenters. The number of hydrogen-bond donors (Lipinski definition) is 2. The maximum absolute atomic E-state index is 12.7. The third-order valence-corrected chi connectivity index (χ3v) is 5.30. The Hall–Kier alpha value is -3.31. The van der Waals surface area contributed by atoms with E-state index in [4.69, 9.17) is 11.6 Å². The highest BCUT2D eigenvalue weighted by Crippen LogP contribution is 2.25. The lowest BCUT2D eigenvalue weighted by atomic mass is 10.1. The number of halogens is 1. The molecule has 5 nitrogen and oxygen atoms in total. The summed E-state index contributed by atoms with van der Waals surface area (Å²) in [4.78, 5) is 12.7. The number of anilines is 2. The largest absolute Gasteiger partial charge is 0.323 e. The number of aromatic nitrogens is 2. The van der Waals surface area contributed by atoms with E-state index in [0.29, 0.717) is 17.3 Å². The average molecular weight is 405 g/mol. The maximum Gasteiger partial charge on any atom is 0.323 e. The predicted octanol–water partition coefficient (Wildman–Crippen LogP) is 6.00. The van der Waals surface area contributed by atoms with Crippen LogP contribution in [0.1, 0.15) is 17.0 Å². The monoisotopic (exact) mass is 404 g/mol. The summed E-state index contributed by atoms with van der Waals surface area (Å²) < 4.78 is 1.85. The minimum absolute atomic E-state index is 0.301. The number of carbonyl (C=O) groups is 1. The van der Waals surface area contributed by atoms with Crippen molar-refractivity contribution in [3.05, 3.63) is 88.7 Å². The molecule has 1 heterocycles. The van der Waals surface area contributed by atoms with E-state index in [1.807, 2.05) is 85.3 Å². The molecule has 0 spiro atoms. The highest BCUT2D eigenvalue weighted by atomic mass is 35.5. The van der Waals surface area contributed by atoms with Crippen LogP contribution in [0.5, 0.6) is 0 Å². The summed E-state index contributed by atoms with van der Waals surface area (Å²) in [5.74, 6) is 0. The zero-order valence-corrected chi connectivity index (χ0v) is 17.0. The van der Waals surface area contributed by atoms with Crippen molar-refractivity contribution in [2.75, 3.05) is 10.6 Å². The van der Waals surface area contributed by atoms with Gasteiger partial charge in [0.15, 0.2) is 0 Å². The smallest absolute Gasteiger partial charge is 0.307 e. The Balaban J connectivity index is 1.54. The summed E-state index contributed by atoms with van der Waals surface area (Å²) in [6.45, 7) is 4.35. The number of fused-ring (bicyclic) bond motifs is 1. The van der Waals surface area contributed by atoms with Gasteiger partial charge >= 0.3 is 6.03 Å². The molecule has 29 heavy (non-hydrogen) atoms. The van der Waals surface area contributed by atoms with Gasteiger partial charge < -0.3 is 10.6 Å². The molecule has 4 rings (SSSR count). The topological polar surface area (TPSA) is 59.0 Å². The molecular formula is C23H21ClN4O. The first-order chi connectivity index (χ1) is 14.0. The fourth-order valence-electron chi connectivity index (χ4n) is 3.42. The van der Waals surface area contributed by atoms with Crippen LogP contribution < -0.4 is 10.6 Å². The molecule has 1 aromatic heterocycles. The molecular weight excluding hydrogens is 384 g/mol. The Labute approximate surface area is 174 Å². The molecule has 0 saturated carbocycles. The van der Waals surface area contributed by atoms with Crippen molar-refractivity contribution in [2.24, 2.45) is 0 Å². The zero-order chi connectivity index (χ0) is 20.4. The number of urea groups is 1. The van der Waals surface area contributed by atoms with E-state index in [-0.39, 0.29) is 6.03 Å². The second-order valence-electron chi connectivity index (χ2n) is 6.90. The molecule has 3 aromatic carbocycles. The number of carbonyl (C=O) groups excluding carboxylic acids is 1. The Morgan fingerprint density at radius 2 is 1.69 bits per heavy atom. The summed E-state index contributed by atoms with van der Waals surface area (Å²) in [5, 5.41) is 13.2. The SMILES string of the molecule is Cc1nn(Cc2ccccc2Cl)c(C)c1NC(=O)Nc1cccc2ccccc12. The lowest BCUT2D eigenvalue weighted by Gasteiger charge is -2.11. The molecule has 2 amide bonds. The molecule has 0 aliphatic carbocycles. The maximum atomic E-state index is 12.7.